The van der Waals surface area contributed by atoms with Crippen LogP contribution in [0.5, 0.6) is 0 Å². The Morgan fingerprint density at radius 3 is 2.69 bits per heavy atom. The van der Waals surface area contributed by atoms with Gasteiger partial charge in [-0.2, -0.15) is 5.10 Å². The molecule has 1 aliphatic rings. The van der Waals surface area contributed by atoms with E-state index in [1.54, 1.807) is 23.0 Å². The zero-order chi connectivity index (χ0) is 20.2. The van der Waals surface area contributed by atoms with Crippen LogP contribution in [0.25, 0.3) is 16.7 Å². The molecule has 0 radical (unpaired) electrons. The number of aromatic nitrogens is 4. The molecule has 0 spiro atoms. The molecular formula is C19H19FN6O2S. The summed E-state index contributed by atoms with van der Waals surface area (Å²) in [6.07, 6.45) is 7.09. The summed E-state index contributed by atoms with van der Waals surface area (Å²) in [5.41, 5.74) is 1.21. The van der Waals surface area contributed by atoms with Crippen LogP contribution >= 0.6 is 11.8 Å². The number of nitrogens with zero attached hydrogens (tertiary/aromatic N) is 4. The van der Waals surface area contributed by atoms with Gasteiger partial charge in [-0.3, -0.25) is 10.1 Å². The van der Waals surface area contributed by atoms with Crippen LogP contribution in [0.15, 0.2) is 41.8 Å². The number of halogens is 1. The molecule has 150 valence electrons. The van der Waals surface area contributed by atoms with Gasteiger partial charge in [0.05, 0.1) is 23.0 Å². The summed E-state index contributed by atoms with van der Waals surface area (Å²) in [4.78, 5) is 32.5. The van der Waals surface area contributed by atoms with Gasteiger partial charge in [-0.15, -0.1) is 0 Å². The second kappa shape index (κ2) is 8.56. The Morgan fingerprint density at radius 1 is 1.17 bits per heavy atom. The fraction of sp³-hybridized carbons (Fsp3) is 0.316. The lowest BCUT2D eigenvalue weighted by atomic mass is 10.2. The molecule has 0 unspecified atom stereocenters. The zero-order valence-corrected chi connectivity index (χ0v) is 16.3. The van der Waals surface area contributed by atoms with Crippen molar-refractivity contribution in [3.63, 3.8) is 0 Å². The molecule has 3 aromatic rings. The summed E-state index contributed by atoms with van der Waals surface area (Å²) in [7, 11) is 0. The first-order valence-corrected chi connectivity index (χ1v) is 10.3. The Labute approximate surface area is 170 Å². The Hall–Kier alpha value is -3.01. The molecule has 2 heterocycles. The van der Waals surface area contributed by atoms with Crippen LogP contribution in [-0.2, 0) is 4.79 Å². The number of benzene rings is 1. The van der Waals surface area contributed by atoms with Crippen LogP contribution in [0.1, 0.15) is 25.7 Å². The summed E-state index contributed by atoms with van der Waals surface area (Å²) in [6, 6.07) is 5.59. The van der Waals surface area contributed by atoms with Gasteiger partial charge in [-0.1, -0.05) is 24.6 Å². The van der Waals surface area contributed by atoms with Crippen molar-refractivity contribution in [3.8, 4) is 5.69 Å². The molecule has 0 saturated heterocycles. The molecule has 29 heavy (non-hydrogen) atoms. The van der Waals surface area contributed by atoms with Crippen molar-refractivity contribution in [1.29, 1.82) is 0 Å². The third-order valence-corrected chi connectivity index (χ3v) is 5.69. The number of nitrogens with one attached hydrogen (secondary N) is 2. The van der Waals surface area contributed by atoms with Crippen LogP contribution in [0, 0.1) is 5.82 Å². The van der Waals surface area contributed by atoms with Gasteiger partial charge in [0, 0.05) is 6.04 Å². The summed E-state index contributed by atoms with van der Waals surface area (Å²) in [5, 5.41) is 10.7. The molecule has 1 saturated carbocycles. The van der Waals surface area contributed by atoms with Crippen molar-refractivity contribution in [2.75, 3.05) is 5.75 Å². The molecule has 0 atom stereocenters. The van der Waals surface area contributed by atoms with E-state index in [0.29, 0.717) is 21.7 Å². The van der Waals surface area contributed by atoms with E-state index in [4.69, 9.17) is 0 Å². The van der Waals surface area contributed by atoms with E-state index < -0.39 is 11.9 Å². The third kappa shape index (κ3) is 4.53. The molecule has 3 amide bonds. The maximum absolute atomic E-state index is 13.2. The standard InChI is InChI=1S/C19H19FN6O2S/c20-12-5-7-14(8-6-12)26-17-15(9-23-26)18(22-11-21-17)29-10-16(27)25-19(28)24-13-3-1-2-4-13/h5-9,11,13H,1-4,10H2,(H2,24,25,27,28). The Bertz CT molecular complexity index is 1030. The van der Waals surface area contributed by atoms with Gasteiger partial charge in [0.15, 0.2) is 5.65 Å². The van der Waals surface area contributed by atoms with Crippen molar-refractivity contribution in [3.05, 3.63) is 42.6 Å². The lowest BCUT2D eigenvalue weighted by Gasteiger charge is -2.12. The van der Waals surface area contributed by atoms with Crippen molar-refractivity contribution in [2.24, 2.45) is 0 Å². The SMILES string of the molecule is O=C(CSc1ncnc2c1cnn2-c1ccc(F)cc1)NC(=O)NC1CCCC1. The molecule has 2 N–H and O–H groups in total. The van der Waals surface area contributed by atoms with Crippen molar-refractivity contribution < 1.29 is 14.0 Å². The topological polar surface area (TPSA) is 102 Å². The molecule has 1 aliphatic carbocycles. The summed E-state index contributed by atoms with van der Waals surface area (Å²) < 4.78 is 14.7. The number of thioether (sulfide) groups is 1. The van der Waals surface area contributed by atoms with E-state index in [1.807, 2.05) is 0 Å². The van der Waals surface area contributed by atoms with Crippen LogP contribution in [0.3, 0.4) is 0 Å². The highest BCUT2D eigenvalue weighted by atomic mass is 32.2. The number of hydrogen-bond acceptors (Lipinski definition) is 6. The predicted molar refractivity (Wildman–Crippen MR) is 106 cm³/mol. The molecule has 2 aromatic heterocycles. The zero-order valence-electron chi connectivity index (χ0n) is 15.5. The number of hydrogen-bond donors (Lipinski definition) is 2. The van der Waals surface area contributed by atoms with E-state index >= 15 is 0 Å². The number of rotatable bonds is 5. The molecule has 4 rings (SSSR count). The number of amides is 3. The second-order valence-corrected chi connectivity index (χ2v) is 7.70. The van der Waals surface area contributed by atoms with Crippen LogP contribution in [0.2, 0.25) is 0 Å². The van der Waals surface area contributed by atoms with Crippen molar-refractivity contribution >= 4 is 34.7 Å². The number of imide groups is 1. The number of fused-ring (bicyclic) bond motifs is 1. The van der Waals surface area contributed by atoms with Gasteiger partial charge in [0.2, 0.25) is 5.91 Å². The average molecular weight is 414 g/mol. The summed E-state index contributed by atoms with van der Waals surface area (Å²) >= 11 is 1.20. The molecule has 1 aromatic carbocycles. The lowest BCUT2D eigenvalue weighted by Crippen LogP contribution is -2.44. The fourth-order valence-corrected chi connectivity index (χ4v) is 4.06. The Kier molecular flexibility index (Phi) is 5.70. The summed E-state index contributed by atoms with van der Waals surface area (Å²) in [6.45, 7) is 0. The maximum Gasteiger partial charge on any atom is 0.321 e. The Morgan fingerprint density at radius 2 is 1.93 bits per heavy atom. The van der Waals surface area contributed by atoms with E-state index in [1.165, 1.54) is 30.2 Å². The first-order chi connectivity index (χ1) is 14.1. The third-order valence-electron chi connectivity index (χ3n) is 4.68. The minimum absolute atomic E-state index is 0.0337. The molecular weight excluding hydrogens is 395 g/mol. The van der Waals surface area contributed by atoms with Crippen LogP contribution < -0.4 is 10.6 Å². The molecule has 10 heteroatoms. The predicted octanol–water partition coefficient (Wildman–Crippen LogP) is 2.82. The first-order valence-electron chi connectivity index (χ1n) is 9.28. The van der Waals surface area contributed by atoms with E-state index in [0.717, 1.165) is 25.7 Å². The highest BCUT2D eigenvalue weighted by Gasteiger charge is 2.19. The quantitative estimate of drug-likeness (QED) is 0.492. The number of carbonyl (C=O) groups excluding carboxylic acids is 2. The molecule has 0 bridgehead atoms. The second-order valence-electron chi connectivity index (χ2n) is 6.74. The first kappa shape index (κ1) is 19.3. The lowest BCUT2D eigenvalue weighted by molar-refractivity contribution is -0.117. The largest absolute Gasteiger partial charge is 0.335 e. The number of carbonyl (C=O) groups is 2. The van der Waals surface area contributed by atoms with E-state index in [-0.39, 0.29) is 17.6 Å². The van der Waals surface area contributed by atoms with E-state index in [9.17, 15) is 14.0 Å². The normalized spacial score (nSPS) is 14.2. The van der Waals surface area contributed by atoms with Gasteiger partial charge in [0.1, 0.15) is 17.2 Å². The van der Waals surface area contributed by atoms with E-state index in [2.05, 4.69) is 25.7 Å². The van der Waals surface area contributed by atoms with Crippen LogP contribution in [-0.4, -0.2) is 43.5 Å². The minimum atomic E-state index is -0.459. The summed E-state index contributed by atoms with van der Waals surface area (Å²) in [5.74, 6) is -0.700. The van der Waals surface area contributed by atoms with Gasteiger partial charge in [-0.25, -0.2) is 23.8 Å². The highest BCUT2D eigenvalue weighted by molar-refractivity contribution is 8.00. The van der Waals surface area contributed by atoms with Gasteiger partial charge >= 0.3 is 6.03 Å². The molecule has 1 fully saturated rings. The maximum atomic E-state index is 13.2. The van der Waals surface area contributed by atoms with Gasteiger partial charge in [-0.05, 0) is 37.1 Å². The highest BCUT2D eigenvalue weighted by Crippen LogP contribution is 2.25. The van der Waals surface area contributed by atoms with Gasteiger partial charge < -0.3 is 5.32 Å². The fourth-order valence-electron chi connectivity index (χ4n) is 3.30. The van der Waals surface area contributed by atoms with Crippen molar-refractivity contribution in [2.45, 2.75) is 36.8 Å². The van der Waals surface area contributed by atoms with Gasteiger partial charge in [0.25, 0.3) is 0 Å². The average Bonchev–Trinajstić information content (AvgIpc) is 3.37. The molecule has 8 nitrogen and oxygen atoms in total. The van der Waals surface area contributed by atoms with Crippen LogP contribution in [0.4, 0.5) is 9.18 Å². The monoisotopic (exact) mass is 414 g/mol. The minimum Gasteiger partial charge on any atom is -0.335 e. The smallest absolute Gasteiger partial charge is 0.321 e. The molecule has 0 aliphatic heterocycles. The number of urea groups is 1. The van der Waals surface area contributed by atoms with Crippen molar-refractivity contribution in [1.82, 2.24) is 30.4 Å². The Balaban J connectivity index is 1.41.